The monoisotopic (exact) mass is 332 g/mol. The highest BCUT2D eigenvalue weighted by molar-refractivity contribution is 7.85. The van der Waals surface area contributed by atoms with Crippen LogP contribution in [0.25, 0.3) is 0 Å². The molecule has 0 unspecified atom stereocenters. The van der Waals surface area contributed by atoms with Gasteiger partial charge in [-0.3, -0.25) is 9.00 Å². The molecule has 0 aliphatic heterocycles. The summed E-state index contributed by atoms with van der Waals surface area (Å²) in [5.74, 6) is 1.45. The fraction of sp³-hybridized carbons (Fsp3) is 0.412. The fourth-order valence-corrected chi connectivity index (χ4v) is 3.33. The van der Waals surface area contributed by atoms with Gasteiger partial charge in [-0.25, -0.2) is 4.98 Å². The summed E-state index contributed by atoms with van der Waals surface area (Å²) < 4.78 is 17.9. The standard InChI is InChI=1S/C17H20N2O3S/c1-12-3-8-16(18-9-12)23(21)11-17(20)19(14-5-6-14)10-15-7-4-13(2)22-15/h3-4,7-9,14H,5-6,10-11H2,1-2H3/t23-/m0/s1. The second-order valence-corrected chi connectivity index (χ2v) is 7.33. The number of carbonyl (C=O) groups excluding carboxylic acids is 1. The van der Waals surface area contributed by atoms with E-state index in [9.17, 15) is 9.00 Å². The van der Waals surface area contributed by atoms with Crippen LogP contribution in [0.3, 0.4) is 0 Å². The van der Waals surface area contributed by atoms with Crippen LogP contribution in [0.1, 0.15) is 29.9 Å². The van der Waals surface area contributed by atoms with Crippen molar-refractivity contribution in [3.05, 3.63) is 47.5 Å². The van der Waals surface area contributed by atoms with E-state index >= 15 is 0 Å². The van der Waals surface area contributed by atoms with Gasteiger partial charge >= 0.3 is 0 Å². The molecule has 0 N–H and O–H groups in total. The van der Waals surface area contributed by atoms with Crippen LogP contribution in [0, 0.1) is 13.8 Å². The van der Waals surface area contributed by atoms with Gasteiger partial charge in [0.1, 0.15) is 22.3 Å². The van der Waals surface area contributed by atoms with Crippen molar-refractivity contribution >= 4 is 16.7 Å². The van der Waals surface area contributed by atoms with Gasteiger partial charge in [0.15, 0.2) is 0 Å². The fourth-order valence-electron chi connectivity index (χ4n) is 2.40. The van der Waals surface area contributed by atoms with E-state index in [0.29, 0.717) is 11.6 Å². The maximum absolute atomic E-state index is 12.5. The van der Waals surface area contributed by atoms with Crippen molar-refractivity contribution in [3.63, 3.8) is 0 Å². The van der Waals surface area contributed by atoms with Crippen molar-refractivity contribution < 1.29 is 13.4 Å². The smallest absolute Gasteiger partial charge is 0.236 e. The zero-order valence-electron chi connectivity index (χ0n) is 13.3. The van der Waals surface area contributed by atoms with Crippen LogP contribution in [0.5, 0.6) is 0 Å². The molecule has 1 aliphatic carbocycles. The van der Waals surface area contributed by atoms with Gasteiger partial charge in [0.2, 0.25) is 5.91 Å². The van der Waals surface area contributed by atoms with E-state index in [4.69, 9.17) is 4.42 Å². The molecular formula is C17H20N2O3S. The number of aryl methyl sites for hydroxylation is 2. The van der Waals surface area contributed by atoms with E-state index < -0.39 is 10.8 Å². The Morgan fingerprint density at radius 2 is 2.09 bits per heavy atom. The van der Waals surface area contributed by atoms with Gasteiger partial charge in [-0.1, -0.05) is 6.07 Å². The average molecular weight is 332 g/mol. The molecule has 1 aliphatic rings. The van der Waals surface area contributed by atoms with Gasteiger partial charge in [-0.15, -0.1) is 0 Å². The van der Waals surface area contributed by atoms with Gasteiger partial charge in [0.05, 0.1) is 17.3 Å². The molecule has 2 heterocycles. The van der Waals surface area contributed by atoms with Crippen molar-refractivity contribution in [1.29, 1.82) is 0 Å². The minimum atomic E-state index is -1.42. The summed E-state index contributed by atoms with van der Waals surface area (Å²) in [5.41, 5.74) is 1.00. The lowest BCUT2D eigenvalue weighted by molar-refractivity contribution is -0.129. The Labute approximate surface area is 138 Å². The molecule has 0 saturated heterocycles. The molecule has 0 spiro atoms. The Balaban J connectivity index is 1.66. The number of amides is 1. The lowest BCUT2D eigenvalue weighted by Gasteiger charge is -2.21. The summed E-state index contributed by atoms with van der Waals surface area (Å²) in [6, 6.07) is 7.59. The van der Waals surface area contributed by atoms with E-state index in [2.05, 4.69) is 4.98 Å². The summed E-state index contributed by atoms with van der Waals surface area (Å²) in [4.78, 5) is 18.5. The molecule has 0 bridgehead atoms. The Morgan fingerprint density at radius 3 is 2.65 bits per heavy atom. The molecule has 6 heteroatoms. The highest BCUT2D eigenvalue weighted by Gasteiger charge is 2.33. The number of furan rings is 1. The second kappa shape index (κ2) is 6.66. The van der Waals surface area contributed by atoms with Crippen LogP contribution in [-0.2, 0) is 22.1 Å². The normalized spacial score (nSPS) is 15.4. The predicted molar refractivity (Wildman–Crippen MR) is 87.3 cm³/mol. The summed E-state index contributed by atoms with van der Waals surface area (Å²) in [5, 5.41) is 0.452. The van der Waals surface area contributed by atoms with Crippen LogP contribution in [0.15, 0.2) is 39.9 Å². The van der Waals surface area contributed by atoms with Gasteiger partial charge < -0.3 is 9.32 Å². The SMILES string of the molecule is Cc1ccc([S@@](=O)CC(=O)N(Cc2ccc(C)o2)C2CC2)nc1. The summed E-state index contributed by atoms with van der Waals surface area (Å²) in [7, 11) is -1.42. The molecule has 23 heavy (non-hydrogen) atoms. The van der Waals surface area contributed by atoms with E-state index in [-0.39, 0.29) is 17.7 Å². The molecular weight excluding hydrogens is 312 g/mol. The number of carbonyl (C=O) groups is 1. The number of pyridine rings is 1. The minimum absolute atomic E-state index is 0.0355. The Morgan fingerprint density at radius 1 is 1.30 bits per heavy atom. The molecule has 3 rings (SSSR count). The lowest BCUT2D eigenvalue weighted by Crippen LogP contribution is -2.35. The molecule has 1 fully saturated rings. The molecule has 0 radical (unpaired) electrons. The van der Waals surface area contributed by atoms with E-state index in [1.54, 1.807) is 17.2 Å². The first-order valence-electron chi connectivity index (χ1n) is 7.69. The first-order valence-corrected chi connectivity index (χ1v) is 9.00. The van der Waals surface area contributed by atoms with E-state index in [1.807, 2.05) is 32.0 Å². The van der Waals surface area contributed by atoms with Crippen molar-refractivity contribution in [1.82, 2.24) is 9.88 Å². The van der Waals surface area contributed by atoms with Crippen molar-refractivity contribution in [2.75, 3.05) is 5.75 Å². The third-order valence-corrected chi connectivity index (χ3v) is 5.02. The number of hydrogen-bond donors (Lipinski definition) is 0. The lowest BCUT2D eigenvalue weighted by atomic mass is 10.3. The first kappa shape index (κ1) is 15.9. The highest BCUT2D eigenvalue weighted by atomic mass is 32.2. The van der Waals surface area contributed by atoms with E-state index in [0.717, 1.165) is 29.9 Å². The van der Waals surface area contributed by atoms with Crippen molar-refractivity contribution in [2.45, 2.75) is 44.3 Å². The molecule has 2 aromatic heterocycles. The Bertz CT molecular complexity index is 720. The second-order valence-electron chi connectivity index (χ2n) is 5.93. The Kier molecular flexibility index (Phi) is 4.61. The van der Waals surface area contributed by atoms with Crippen LogP contribution in [0.2, 0.25) is 0 Å². The number of aromatic nitrogens is 1. The highest BCUT2D eigenvalue weighted by Crippen LogP contribution is 2.29. The van der Waals surface area contributed by atoms with Crippen molar-refractivity contribution in [2.24, 2.45) is 0 Å². The van der Waals surface area contributed by atoms with Crippen molar-refractivity contribution in [3.8, 4) is 0 Å². The van der Waals surface area contributed by atoms with Gasteiger partial charge in [-0.2, -0.15) is 0 Å². The molecule has 0 aromatic carbocycles. The summed E-state index contributed by atoms with van der Waals surface area (Å²) in [6.07, 6.45) is 3.67. The van der Waals surface area contributed by atoms with Crippen LogP contribution < -0.4 is 0 Å². The third kappa shape index (κ3) is 4.07. The third-order valence-electron chi connectivity index (χ3n) is 3.80. The van der Waals surface area contributed by atoms with Crippen LogP contribution >= 0.6 is 0 Å². The molecule has 1 atom stereocenters. The zero-order chi connectivity index (χ0) is 16.4. The summed E-state index contributed by atoms with van der Waals surface area (Å²) in [6.45, 7) is 4.24. The quantitative estimate of drug-likeness (QED) is 0.816. The predicted octanol–water partition coefficient (Wildman–Crippen LogP) is 2.59. The molecule has 122 valence electrons. The minimum Gasteiger partial charge on any atom is -0.464 e. The van der Waals surface area contributed by atoms with E-state index in [1.165, 1.54) is 0 Å². The topological polar surface area (TPSA) is 63.4 Å². The Hall–Kier alpha value is -1.95. The zero-order valence-corrected chi connectivity index (χ0v) is 14.1. The maximum Gasteiger partial charge on any atom is 0.236 e. The van der Waals surface area contributed by atoms with Crippen LogP contribution in [-0.4, -0.2) is 31.8 Å². The summed E-state index contributed by atoms with van der Waals surface area (Å²) >= 11 is 0. The van der Waals surface area contributed by atoms with Gasteiger partial charge in [0, 0.05) is 12.2 Å². The first-order chi connectivity index (χ1) is 11.0. The largest absolute Gasteiger partial charge is 0.464 e. The molecule has 1 saturated carbocycles. The van der Waals surface area contributed by atoms with Crippen LogP contribution in [0.4, 0.5) is 0 Å². The van der Waals surface area contributed by atoms with Gasteiger partial charge in [-0.05, 0) is 50.5 Å². The number of hydrogen-bond acceptors (Lipinski definition) is 4. The molecule has 2 aromatic rings. The number of rotatable bonds is 6. The maximum atomic E-state index is 12.5. The molecule has 1 amide bonds. The number of nitrogens with zero attached hydrogens (tertiary/aromatic N) is 2. The average Bonchev–Trinajstić information content (AvgIpc) is 3.27. The molecule has 5 nitrogen and oxygen atoms in total. The van der Waals surface area contributed by atoms with Gasteiger partial charge in [0.25, 0.3) is 0 Å².